The van der Waals surface area contributed by atoms with Crippen molar-refractivity contribution in [1.82, 2.24) is 20.0 Å². The third-order valence-electron chi connectivity index (χ3n) is 5.70. The van der Waals surface area contributed by atoms with Gasteiger partial charge in [-0.1, -0.05) is 0 Å². The van der Waals surface area contributed by atoms with Crippen LogP contribution in [0.15, 0.2) is 24.3 Å². The first kappa shape index (κ1) is 21.3. The number of hydrogen-bond acceptors (Lipinski definition) is 4. The zero-order valence-corrected chi connectivity index (χ0v) is 18.3. The van der Waals surface area contributed by atoms with Gasteiger partial charge in [-0.25, -0.2) is 13.9 Å². The second-order valence-electron chi connectivity index (χ2n) is 9.23. The Morgan fingerprint density at radius 2 is 1.81 bits per heavy atom. The molecule has 7 nitrogen and oxygen atoms in total. The number of fused-ring (bicyclic) bond motifs is 1. The first-order valence-electron chi connectivity index (χ1n) is 10.9. The molecule has 0 saturated carbocycles. The van der Waals surface area contributed by atoms with E-state index in [0.29, 0.717) is 31.6 Å². The van der Waals surface area contributed by atoms with Gasteiger partial charge in [0.15, 0.2) is 5.69 Å². The van der Waals surface area contributed by atoms with Crippen LogP contribution in [0.4, 0.5) is 9.18 Å². The predicted octanol–water partition coefficient (Wildman–Crippen LogP) is 3.63. The number of carbonyl (C=O) groups is 2. The molecule has 8 heteroatoms. The molecule has 0 radical (unpaired) electrons. The molecule has 0 bridgehead atoms. The summed E-state index contributed by atoms with van der Waals surface area (Å²) in [7, 11) is 0. The number of likely N-dealkylation sites (tertiary alicyclic amines) is 1. The summed E-state index contributed by atoms with van der Waals surface area (Å²) in [5.41, 5.74) is 2.69. The highest BCUT2D eigenvalue weighted by Gasteiger charge is 2.31. The van der Waals surface area contributed by atoms with Crippen LogP contribution in [0.5, 0.6) is 0 Å². The molecule has 0 spiro atoms. The van der Waals surface area contributed by atoms with Crippen LogP contribution in [-0.4, -0.2) is 51.4 Å². The summed E-state index contributed by atoms with van der Waals surface area (Å²) in [6.07, 6.45) is 3.67. The molecule has 166 valence electrons. The molecular formula is C23H29FN4O3. The van der Waals surface area contributed by atoms with Gasteiger partial charge in [-0.05, 0) is 77.1 Å². The Morgan fingerprint density at radius 3 is 2.45 bits per heavy atom. The molecule has 1 aromatic heterocycles. The van der Waals surface area contributed by atoms with E-state index >= 15 is 0 Å². The van der Waals surface area contributed by atoms with Gasteiger partial charge in [-0.2, -0.15) is 5.10 Å². The Kier molecular flexibility index (Phi) is 5.73. The number of hydrogen-bond donors (Lipinski definition) is 1. The largest absolute Gasteiger partial charge is 0.444 e. The second-order valence-corrected chi connectivity index (χ2v) is 9.23. The van der Waals surface area contributed by atoms with Crippen molar-refractivity contribution in [2.45, 2.75) is 64.5 Å². The molecule has 2 heterocycles. The molecule has 1 aromatic carbocycles. The number of piperidine rings is 1. The summed E-state index contributed by atoms with van der Waals surface area (Å²) in [4.78, 5) is 26.9. The number of rotatable bonds is 3. The van der Waals surface area contributed by atoms with Gasteiger partial charge in [0.1, 0.15) is 11.4 Å². The van der Waals surface area contributed by atoms with E-state index in [1.807, 2.05) is 20.8 Å². The van der Waals surface area contributed by atoms with Crippen LogP contribution in [-0.2, 0) is 17.6 Å². The number of carbonyl (C=O) groups excluding carboxylic acids is 2. The maximum absolute atomic E-state index is 13.3. The Balaban J connectivity index is 1.42. The number of amides is 2. The van der Waals surface area contributed by atoms with E-state index in [2.05, 4.69) is 10.4 Å². The molecule has 0 atom stereocenters. The zero-order valence-electron chi connectivity index (χ0n) is 18.3. The standard InChI is InChI=1S/C23H29FN4O3/c1-23(2,3)31-22(30)27-13-11-16(12-14-27)25-21(29)20-18-5-4-6-19(18)28(26-20)17-9-7-15(24)8-10-17/h7-10,16H,4-6,11-14H2,1-3H3,(H,25,29). The quantitative estimate of drug-likeness (QED) is 0.810. The Hall–Kier alpha value is -2.90. The summed E-state index contributed by atoms with van der Waals surface area (Å²) in [6.45, 7) is 6.63. The van der Waals surface area contributed by atoms with Gasteiger partial charge in [0.2, 0.25) is 0 Å². The van der Waals surface area contributed by atoms with Crippen LogP contribution in [0.25, 0.3) is 5.69 Å². The van der Waals surface area contributed by atoms with Crippen LogP contribution in [0, 0.1) is 5.82 Å². The lowest BCUT2D eigenvalue weighted by Crippen LogP contribution is -2.48. The van der Waals surface area contributed by atoms with Crippen molar-refractivity contribution >= 4 is 12.0 Å². The average Bonchev–Trinajstić information content (AvgIpc) is 3.30. The van der Waals surface area contributed by atoms with E-state index in [9.17, 15) is 14.0 Å². The fourth-order valence-electron chi connectivity index (χ4n) is 4.20. The van der Waals surface area contributed by atoms with E-state index in [0.717, 1.165) is 36.2 Å². The van der Waals surface area contributed by atoms with Crippen LogP contribution < -0.4 is 5.32 Å². The molecule has 4 rings (SSSR count). The van der Waals surface area contributed by atoms with Crippen molar-refractivity contribution in [3.8, 4) is 5.69 Å². The van der Waals surface area contributed by atoms with E-state index in [1.165, 1.54) is 12.1 Å². The summed E-state index contributed by atoms with van der Waals surface area (Å²) < 4.78 is 20.5. The molecule has 2 aromatic rings. The minimum Gasteiger partial charge on any atom is -0.444 e. The van der Waals surface area contributed by atoms with Gasteiger partial charge in [0.25, 0.3) is 5.91 Å². The lowest BCUT2D eigenvalue weighted by atomic mass is 10.0. The SMILES string of the molecule is CC(C)(C)OC(=O)N1CCC(NC(=O)c2nn(-c3ccc(F)cc3)c3c2CCC3)CC1. The lowest BCUT2D eigenvalue weighted by Gasteiger charge is -2.33. The normalized spacial score (nSPS) is 16.8. The van der Waals surface area contributed by atoms with E-state index in [4.69, 9.17) is 4.74 Å². The second kappa shape index (κ2) is 8.32. The fraction of sp³-hybridized carbons (Fsp3) is 0.522. The van der Waals surface area contributed by atoms with Crippen molar-refractivity contribution in [3.63, 3.8) is 0 Å². The van der Waals surface area contributed by atoms with Crippen molar-refractivity contribution in [2.24, 2.45) is 0 Å². The first-order chi connectivity index (χ1) is 14.7. The molecule has 31 heavy (non-hydrogen) atoms. The van der Waals surface area contributed by atoms with Crippen LogP contribution in [0.2, 0.25) is 0 Å². The highest BCUT2D eigenvalue weighted by molar-refractivity contribution is 5.94. The van der Waals surface area contributed by atoms with Gasteiger partial charge >= 0.3 is 6.09 Å². The van der Waals surface area contributed by atoms with Crippen LogP contribution in [0.1, 0.15) is 61.8 Å². The third-order valence-corrected chi connectivity index (χ3v) is 5.70. The molecule has 2 aliphatic rings. The fourth-order valence-corrected chi connectivity index (χ4v) is 4.20. The minimum atomic E-state index is -0.522. The number of aromatic nitrogens is 2. The van der Waals surface area contributed by atoms with E-state index < -0.39 is 5.60 Å². The highest BCUT2D eigenvalue weighted by Crippen LogP contribution is 2.28. The van der Waals surface area contributed by atoms with Crippen molar-refractivity contribution in [2.75, 3.05) is 13.1 Å². The third kappa shape index (κ3) is 4.73. The topological polar surface area (TPSA) is 76.5 Å². The van der Waals surface area contributed by atoms with Crippen LogP contribution in [0.3, 0.4) is 0 Å². The number of nitrogens with zero attached hydrogens (tertiary/aromatic N) is 3. The van der Waals surface area contributed by atoms with Gasteiger partial charge in [-0.15, -0.1) is 0 Å². The summed E-state index contributed by atoms with van der Waals surface area (Å²) in [5, 5.41) is 7.67. The van der Waals surface area contributed by atoms with Gasteiger partial charge in [0, 0.05) is 30.4 Å². The maximum atomic E-state index is 13.3. The van der Waals surface area contributed by atoms with Crippen molar-refractivity contribution in [1.29, 1.82) is 0 Å². The molecular weight excluding hydrogens is 399 g/mol. The molecule has 0 unspecified atom stereocenters. The number of halogens is 1. The molecule has 2 amide bonds. The van der Waals surface area contributed by atoms with Gasteiger partial charge in [-0.3, -0.25) is 4.79 Å². The maximum Gasteiger partial charge on any atom is 0.410 e. The average molecular weight is 429 g/mol. The molecule has 1 aliphatic heterocycles. The smallest absolute Gasteiger partial charge is 0.410 e. The van der Waals surface area contributed by atoms with Crippen LogP contribution >= 0.6 is 0 Å². The lowest BCUT2D eigenvalue weighted by molar-refractivity contribution is 0.0199. The predicted molar refractivity (Wildman–Crippen MR) is 114 cm³/mol. The Labute approximate surface area is 181 Å². The number of ether oxygens (including phenoxy) is 1. The number of benzene rings is 1. The highest BCUT2D eigenvalue weighted by atomic mass is 19.1. The first-order valence-corrected chi connectivity index (χ1v) is 10.9. The van der Waals surface area contributed by atoms with Gasteiger partial charge < -0.3 is 15.0 Å². The Morgan fingerprint density at radius 1 is 1.13 bits per heavy atom. The molecule has 1 saturated heterocycles. The molecule has 1 N–H and O–H groups in total. The minimum absolute atomic E-state index is 0.0146. The van der Waals surface area contributed by atoms with E-state index in [-0.39, 0.29) is 23.9 Å². The Bertz CT molecular complexity index is 970. The molecule has 1 fully saturated rings. The van der Waals surface area contributed by atoms with Gasteiger partial charge in [0.05, 0.1) is 5.69 Å². The van der Waals surface area contributed by atoms with E-state index in [1.54, 1.807) is 21.7 Å². The summed E-state index contributed by atoms with van der Waals surface area (Å²) >= 11 is 0. The number of nitrogens with one attached hydrogen (secondary N) is 1. The molecule has 1 aliphatic carbocycles. The van der Waals surface area contributed by atoms with Crippen molar-refractivity contribution < 1.29 is 18.7 Å². The van der Waals surface area contributed by atoms with Crippen molar-refractivity contribution in [3.05, 3.63) is 47.0 Å². The monoisotopic (exact) mass is 428 g/mol. The summed E-state index contributed by atoms with van der Waals surface area (Å²) in [5.74, 6) is -0.488. The zero-order chi connectivity index (χ0) is 22.2. The summed E-state index contributed by atoms with van der Waals surface area (Å²) in [6, 6.07) is 6.14.